The van der Waals surface area contributed by atoms with Gasteiger partial charge in [-0.1, -0.05) is 0 Å². The molecule has 0 aromatic heterocycles. The number of hydrogen-bond donors (Lipinski definition) is 0. The summed E-state index contributed by atoms with van der Waals surface area (Å²) in [5, 5.41) is 0. The minimum absolute atomic E-state index is 0. The molecule has 0 heterocycles. The van der Waals surface area contributed by atoms with Crippen molar-refractivity contribution in [1.29, 1.82) is 0 Å². The van der Waals surface area contributed by atoms with E-state index in [-0.39, 0.29) is 62.0 Å². The Kier molecular flexibility index (Phi) is 239. The summed E-state index contributed by atoms with van der Waals surface area (Å²) < 4.78 is 0. The summed E-state index contributed by atoms with van der Waals surface area (Å²) in [4.78, 5) is 0. The van der Waals surface area contributed by atoms with Crippen LogP contribution in [0.25, 0.3) is 0 Å². The van der Waals surface area contributed by atoms with Crippen molar-refractivity contribution in [3.63, 3.8) is 0 Å². The Labute approximate surface area is 61.7 Å². The smallest absolute Gasteiger partial charge is 0 e. The first-order valence-corrected chi connectivity index (χ1v) is 0. The van der Waals surface area contributed by atoms with Gasteiger partial charge in [0.15, 0.2) is 0 Å². The summed E-state index contributed by atoms with van der Waals surface area (Å²) >= 11 is 0. The van der Waals surface area contributed by atoms with Gasteiger partial charge in [0.2, 0.25) is 0 Å². The van der Waals surface area contributed by atoms with Crippen LogP contribution in [0, 0.1) is 0 Å². The zero-order valence-electron chi connectivity index (χ0n) is 1.65. The summed E-state index contributed by atoms with van der Waals surface area (Å²) in [6, 6.07) is 0. The van der Waals surface area contributed by atoms with E-state index in [0.717, 1.165) is 0 Å². The fourth-order valence-electron chi connectivity index (χ4n) is 0. The van der Waals surface area contributed by atoms with Crippen molar-refractivity contribution in [2.75, 3.05) is 0 Å². The molecule has 0 amide bonds. The van der Waals surface area contributed by atoms with Gasteiger partial charge >= 0.3 is 0 Å². The van der Waals surface area contributed by atoms with Gasteiger partial charge in [0.05, 0.1) is 0 Å². The molecule has 0 aliphatic heterocycles. The molecule has 0 bridgehead atoms. The Balaban J connectivity index is 0. The van der Waals surface area contributed by atoms with Gasteiger partial charge in [-0.3, -0.25) is 0 Å². The van der Waals surface area contributed by atoms with Crippen molar-refractivity contribution in [3.8, 4) is 0 Å². The maximum absolute atomic E-state index is 0. The number of nitrogens with zero attached hydrogens (tertiary/aromatic N) is 1. The molecule has 3 radical (unpaired) electrons. The first kappa shape index (κ1) is 43.2. The second-order valence-electron chi connectivity index (χ2n) is 0. The van der Waals surface area contributed by atoms with E-state index in [1.807, 2.05) is 0 Å². The third kappa shape index (κ3) is 9.31. The summed E-state index contributed by atoms with van der Waals surface area (Å²) in [6.07, 6.45) is 0. The molecular weight excluding hydrogens is 174 g/mol. The molecule has 1 nitrogen and oxygen atoms in total. The third-order valence-corrected chi connectivity index (χ3v) is 0. The average Bonchev–Trinajstić information content (AvgIpc) is 0. The summed E-state index contributed by atoms with van der Waals surface area (Å²) in [5.74, 6) is 0. The van der Waals surface area contributed by atoms with Crippen molar-refractivity contribution >= 4 is 0 Å². The Bertz CT molecular complexity index is 6.00. The summed E-state index contributed by atoms with van der Waals surface area (Å²) in [7, 11) is 0. The molecule has 0 atom stereocenters. The van der Waals surface area contributed by atoms with Gasteiger partial charge in [0.25, 0.3) is 0 Å². The van der Waals surface area contributed by atoms with Gasteiger partial charge in [0.1, 0.15) is 0 Å². The molecule has 0 saturated carbocycles. The first-order valence-electron chi connectivity index (χ1n) is 0. The standard InChI is InChI=1S/2Fe.N.Ti. The zero-order chi connectivity index (χ0) is 0. The summed E-state index contributed by atoms with van der Waals surface area (Å²) in [6.45, 7) is 0. The molecule has 0 aromatic carbocycles. The van der Waals surface area contributed by atoms with Gasteiger partial charge in [0, 0.05) is 62.0 Å². The van der Waals surface area contributed by atoms with E-state index in [0.29, 0.717) is 0 Å². The molecule has 25 valence electrons. The van der Waals surface area contributed by atoms with Crippen LogP contribution < -0.4 is 6.15 Å². The van der Waals surface area contributed by atoms with Crippen molar-refractivity contribution < 1.29 is 55.9 Å². The molecule has 4 heavy (non-hydrogen) atoms. The fraction of sp³-hybridized carbons (Fsp3) is 0. The number of hydrogen-bond acceptors (Lipinski definition) is 0. The van der Waals surface area contributed by atoms with Gasteiger partial charge in [-0.25, -0.2) is 0 Å². The van der Waals surface area contributed by atoms with Crippen molar-refractivity contribution in [3.05, 3.63) is 0 Å². The SMILES string of the molecule is [Fe].[Fe].[N].[Ti]. The van der Waals surface area contributed by atoms with E-state index < -0.39 is 0 Å². The van der Waals surface area contributed by atoms with Crippen LogP contribution in [0.4, 0.5) is 0 Å². The minimum Gasteiger partial charge on any atom is 0 e. The molecule has 0 aromatic rings. The van der Waals surface area contributed by atoms with Crippen molar-refractivity contribution in [2.24, 2.45) is 0 Å². The van der Waals surface area contributed by atoms with Crippen LogP contribution in [-0.2, 0) is 55.9 Å². The monoisotopic (exact) mass is 174 g/mol. The maximum atomic E-state index is 0. The Morgan fingerprint density at radius 2 is 0.750 bits per heavy atom. The van der Waals surface area contributed by atoms with E-state index in [1.54, 1.807) is 0 Å². The molecular formula is Fe2NTi. The van der Waals surface area contributed by atoms with Crippen LogP contribution in [0.5, 0.6) is 0 Å². The molecule has 0 unspecified atom stereocenters. The van der Waals surface area contributed by atoms with E-state index in [9.17, 15) is 0 Å². The Morgan fingerprint density at radius 3 is 0.750 bits per heavy atom. The van der Waals surface area contributed by atoms with Gasteiger partial charge in [-0.2, -0.15) is 0 Å². The predicted molar refractivity (Wildman–Crippen MR) is 2.13 cm³/mol. The van der Waals surface area contributed by atoms with Crippen molar-refractivity contribution in [2.45, 2.75) is 0 Å². The average molecular weight is 174 g/mol. The maximum Gasteiger partial charge on any atom is 0 e. The number of rotatable bonds is 0. The minimum atomic E-state index is 0. The third-order valence-electron chi connectivity index (χ3n) is 0. The largest absolute Gasteiger partial charge is 0 e. The first-order chi connectivity index (χ1) is 0. The molecule has 4 heteroatoms. The normalized spacial score (nSPS) is 0. The second kappa shape index (κ2) is 22.1. The van der Waals surface area contributed by atoms with Crippen LogP contribution in [0.3, 0.4) is 0 Å². The van der Waals surface area contributed by atoms with Crippen LogP contribution in [0.1, 0.15) is 0 Å². The van der Waals surface area contributed by atoms with Gasteiger partial charge in [-0.05, 0) is 0 Å². The van der Waals surface area contributed by atoms with E-state index in [4.69, 9.17) is 0 Å². The van der Waals surface area contributed by atoms with Crippen LogP contribution >= 0.6 is 0 Å². The van der Waals surface area contributed by atoms with E-state index in [1.165, 1.54) is 0 Å². The molecule has 0 fully saturated rings. The Morgan fingerprint density at radius 1 is 0.750 bits per heavy atom. The second-order valence-corrected chi connectivity index (χ2v) is 0. The molecule has 0 rings (SSSR count). The molecule has 0 aliphatic carbocycles. The van der Waals surface area contributed by atoms with E-state index in [2.05, 4.69) is 0 Å². The summed E-state index contributed by atoms with van der Waals surface area (Å²) in [5.41, 5.74) is 0. The molecule has 0 spiro atoms. The van der Waals surface area contributed by atoms with Crippen LogP contribution in [0.2, 0.25) is 0 Å². The molecule has 0 N–H and O–H groups in total. The predicted octanol–water partition coefficient (Wildman–Crippen LogP) is -0.488. The molecule has 0 saturated heterocycles. The van der Waals surface area contributed by atoms with Gasteiger partial charge in [-0.15, -0.1) is 0 Å². The zero-order valence-corrected chi connectivity index (χ0v) is 5.42. The van der Waals surface area contributed by atoms with Crippen LogP contribution in [0.15, 0.2) is 0 Å². The van der Waals surface area contributed by atoms with E-state index >= 15 is 0 Å². The van der Waals surface area contributed by atoms with Crippen molar-refractivity contribution in [1.82, 2.24) is 6.15 Å². The Hall–Kier alpha value is 1.71. The fourth-order valence-corrected chi connectivity index (χ4v) is 0. The van der Waals surface area contributed by atoms with Gasteiger partial charge < -0.3 is 0 Å². The quantitative estimate of drug-likeness (QED) is 0.443. The van der Waals surface area contributed by atoms with Crippen LogP contribution in [-0.4, -0.2) is 0 Å². The topological polar surface area (TPSA) is 30.5 Å². The molecule has 0 aliphatic rings.